The van der Waals surface area contributed by atoms with E-state index in [9.17, 15) is 10.1 Å². The fourth-order valence-corrected chi connectivity index (χ4v) is 4.30. The molecule has 0 spiro atoms. The van der Waals surface area contributed by atoms with Crippen LogP contribution in [-0.4, -0.2) is 18.1 Å². The number of thioether (sulfide) groups is 1. The van der Waals surface area contributed by atoms with Gasteiger partial charge in [0.1, 0.15) is 11.1 Å². The van der Waals surface area contributed by atoms with Gasteiger partial charge in [0.05, 0.1) is 23.9 Å². The quantitative estimate of drug-likeness (QED) is 0.260. The Morgan fingerprint density at radius 1 is 0.938 bits per heavy atom. The summed E-state index contributed by atoms with van der Waals surface area (Å²) in [5.74, 6) is 0.260. The van der Waals surface area contributed by atoms with E-state index in [1.165, 1.54) is 18.9 Å². The molecule has 0 saturated heterocycles. The second kappa shape index (κ2) is 9.95. The summed E-state index contributed by atoms with van der Waals surface area (Å²) >= 11 is 1.51. The largest absolute Gasteiger partial charge is 0.465 e. The van der Waals surface area contributed by atoms with Crippen molar-refractivity contribution >= 4 is 17.7 Å². The second-order valence-corrected chi connectivity index (χ2v) is 8.02. The first kappa shape index (κ1) is 21.4. The number of esters is 1. The molecule has 32 heavy (non-hydrogen) atoms. The van der Waals surface area contributed by atoms with E-state index in [4.69, 9.17) is 9.72 Å². The van der Waals surface area contributed by atoms with Gasteiger partial charge in [0, 0.05) is 16.9 Å². The Labute approximate surface area is 191 Å². The maximum atomic E-state index is 11.7. The molecule has 156 valence electrons. The Kier molecular flexibility index (Phi) is 6.64. The van der Waals surface area contributed by atoms with Crippen LogP contribution in [0.15, 0.2) is 96.0 Å². The average molecular weight is 437 g/mol. The highest BCUT2D eigenvalue weighted by Gasteiger charge is 2.16. The predicted octanol–water partition coefficient (Wildman–Crippen LogP) is 6.37. The number of benzene rings is 3. The van der Waals surface area contributed by atoms with Crippen LogP contribution in [0.25, 0.3) is 22.4 Å². The minimum absolute atomic E-state index is 0.360. The van der Waals surface area contributed by atoms with Crippen molar-refractivity contribution in [2.24, 2.45) is 0 Å². The Morgan fingerprint density at radius 3 is 2.16 bits per heavy atom. The minimum Gasteiger partial charge on any atom is -0.465 e. The number of ether oxygens (including phenoxy) is 1. The average Bonchev–Trinajstić information content (AvgIpc) is 2.87. The van der Waals surface area contributed by atoms with Gasteiger partial charge in [-0.25, -0.2) is 9.78 Å². The summed E-state index contributed by atoms with van der Waals surface area (Å²) < 4.78 is 4.76. The lowest BCUT2D eigenvalue weighted by molar-refractivity contribution is 0.0600. The van der Waals surface area contributed by atoms with E-state index >= 15 is 0 Å². The van der Waals surface area contributed by atoms with E-state index in [1.54, 1.807) is 12.1 Å². The number of hydrogen-bond donors (Lipinski definition) is 0. The summed E-state index contributed by atoms with van der Waals surface area (Å²) in [6.45, 7) is 0. The normalized spacial score (nSPS) is 10.4. The molecule has 0 unspecified atom stereocenters. The van der Waals surface area contributed by atoms with Crippen LogP contribution < -0.4 is 0 Å². The molecule has 0 aliphatic rings. The van der Waals surface area contributed by atoms with Crippen LogP contribution in [0, 0.1) is 11.3 Å². The van der Waals surface area contributed by atoms with Crippen LogP contribution in [0.1, 0.15) is 21.5 Å². The summed E-state index contributed by atoms with van der Waals surface area (Å²) in [7, 11) is 1.37. The van der Waals surface area contributed by atoms with Crippen molar-refractivity contribution in [3.63, 3.8) is 0 Å². The number of methoxy groups -OCH3 is 1. The van der Waals surface area contributed by atoms with Crippen LogP contribution in [0.5, 0.6) is 0 Å². The fourth-order valence-electron chi connectivity index (χ4n) is 3.34. The molecule has 0 fully saturated rings. The number of hydrogen-bond acceptors (Lipinski definition) is 5. The van der Waals surface area contributed by atoms with Crippen molar-refractivity contribution < 1.29 is 9.53 Å². The maximum absolute atomic E-state index is 11.7. The number of carbonyl (C=O) groups is 1. The molecule has 1 heterocycles. The maximum Gasteiger partial charge on any atom is 0.337 e. The van der Waals surface area contributed by atoms with Gasteiger partial charge in [-0.2, -0.15) is 5.26 Å². The van der Waals surface area contributed by atoms with Crippen molar-refractivity contribution in [1.29, 1.82) is 5.26 Å². The fraction of sp³-hybridized carbons (Fsp3) is 0.0741. The third kappa shape index (κ3) is 4.72. The Bertz CT molecular complexity index is 1270. The number of pyridine rings is 1. The van der Waals surface area contributed by atoms with E-state index in [1.807, 2.05) is 78.9 Å². The van der Waals surface area contributed by atoms with Crippen LogP contribution >= 0.6 is 11.8 Å². The molecule has 4 nitrogen and oxygen atoms in total. The van der Waals surface area contributed by atoms with Crippen molar-refractivity contribution in [1.82, 2.24) is 4.98 Å². The van der Waals surface area contributed by atoms with Gasteiger partial charge in [-0.1, -0.05) is 72.8 Å². The molecule has 3 aromatic carbocycles. The zero-order valence-electron chi connectivity index (χ0n) is 17.5. The van der Waals surface area contributed by atoms with E-state index < -0.39 is 0 Å². The van der Waals surface area contributed by atoms with Gasteiger partial charge in [0.25, 0.3) is 0 Å². The lowest BCUT2D eigenvalue weighted by Crippen LogP contribution is -2.00. The molecule has 0 amide bonds. The highest BCUT2D eigenvalue weighted by molar-refractivity contribution is 7.98. The molecule has 0 aliphatic carbocycles. The molecule has 1 aromatic heterocycles. The van der Waals surface area contributed by atoms with E-state index in [0.717, 1.165) is 27.9 Å². The van der Waals surface area contributed by atoms with Crippen LogP contribution in [-0.2, 0) is 10.5 Å². The zero-order valence-corrected chi connectivity index (χ0v) is 18.3. The zero-order chi connectivity index (χ0) is 22.3. The number of aromatic nitrogens is 1. The summed E-state index contributed by atoms with van der Waals surface area (Å²) in [5.41, 5.74) is 5.77. The number of nitrogens with zero attached hydrogens (tertiary/aromatic N) is 2. The van der Waals surface area contributed by atoms with Crippen molar-refractivity contribution in [3.8, 4) is 28.5 Å². The lowest BCUT2D eigenvalue weighted by Gasteiger charge is -2.13. The SMILES string of the molecule is COC(=O)c1ccc(CSc2nc(-c3ccccc3)cc(-c3ccccc3)c2C#N)cc1. The Morgan fingerprint density at radius 2 is 1.56 bits per heavy atom. The van der Waals surface area contributed by atoms with Crippen LogP contribution in [0.4, 0.5) is 0 Å². The summed E-state index contributed by atoms with van der Waals surface area (Å²) in [4.78, 5) is 16.5. The molecule has 0 saturated carbocycles. The van der Waals surface area contributed by atoms with Gasteiger partial charge >= 0.3 is 5.97 Å². The Balaban J connectivity index is 1.72. The molecule has 0 N–H and O–H groups in total. The Hall–Kier alpha value is -3.88. The number of nitriles is 1. The lowest BCUT2D eigenvalue weighted by atomic mass is 9.99. The molecule has 5 heteroatoms. The van der Waals surface area contributed by atoms with Crippen molar-refractivity contribution in [2.45, 2.75) is 10.8 Å². The van der Waals surface area contributed by atoms with Gasteiger partial charge < -0.3 is 4.74 Å². The second-order valence-electron chi connectivity index (χ2n) is 7.06. The van der Waals surface area contributed by atoms with Crippen molar-refractivity contribution in [2.75, 3.05) is 7.11 Å². The van der Waals surface area contributed by atoms with Gasteiger partial charge in [-0.3, -0.25) is 0 Å². The van der Waals surface area contributed by atoms with Gasteiger partial charge in [0.2, 0.25) is 0 Å². The first-order valence-corrected chi connectivity index (χ1v) is 11.0. The third-order valence-electron chi connectivity index (χ3n) is 5.00. The molecule has 4 aromatic rings. The van der Waals surface area contributed by atoms with Gasteiger partial charge in [-0.05, 0) is 29.3 Å². The molecule has 0 bridgehead atoms. The summed E-state index contributed by atoms with van der Waals surface area (Å²) in [5, 5.41) is 10.7. The van der Waals surface area contributed by atoms with Crippen molar-refractivity contribution in [3.05, 3.63) is 108 Å². The summed E-state index contributed by atoms with van der Waals surface area (Å²) in [6.07, 6.45) is 0. The number of rotatable bonds is 6. The topological polar surface area (TPSA) is 63.0 Å². The van der Waals surface area contributed by atoms with Crippen LogP contribution in [0.2, 0.25) is 0 Å². The van der Waals surface area contributed by atoms with Crippen LogP contribution in [0.3, 0.4) is 0 Å². The highest BCUT2D eigenvalue weighted by Crippen LogP contribution is 2.35. The predicted molar refractivity (Wildman–Crippen MR) is 127 cm³/mol. The first-order valence-electron chi connectivity index (χ1n) is 10.1. The minimum atomic E-state index is -0.360. The highest BCUT2D eigenvalue weighted by atomic mass is 32.2. The summed E-state index contributed by atoms with van der Waals surface area (Å²) in [6, 6.07) is 31.5. The molecule has 4 rings (SSSR count). The molecule has 0 atom stereocenters. The standard InChI is InChI=1S/C27H20N2O2S/c1-31-27(30)22-14-12-19(13-15-22)18-32-26-24(17-28)23(20-8-4-2-5-9-20)16-25(29-26)21-10-6-3-7-11-21/h2-16H,18H2,1H3. The molecular weight excluding hydrogens is 416 g/mol. The third-order valence-corrected chi connectivity index (χ3v) is 6.05. The molecule has 0 radical (unpaired) electrons. The molecular formula is C27H20N2O2S. The first-order chi connectivity index (χ1) is 15.7. The number of carbonyl (C=O) groups excluding carboxylic acids is 1. The van der Waals surface area contributed by atoms with E-state index in [0.29, 0.717) is 21.9 Å². The van der Waals surface area contributed by atoms with Gasteiger partial charge in [0.15, 0.2) is 0 Å². The van der Waals surface area contributed by atoms with E-state index in [2.05, 4.69) is 6.07 Å². The molecule has 0 aliphatic heterocycles. The smallest absolute Gasteiger partial charge is 0.337 e. The van der Waals surface area contributed by atoms with E-state index in [-0.39, 0.29) is 5.97 Å². The van der Waals surface area contributed by atoms with Gasteiger partial charge in [-0.15, -0.1) is 11.8 Å². The monoisotopic (exact) mass is 436 g/mol.